The Morgan fingerprint density at radius 1 is 1.09 bits per heavy atom. The molecule has 0 fully saturated rings. The average Bonchev–Trinajstić information content (AvgIpc) is 2.54. The topological polar surface area (TPSA) is 47.6 Å². The second-order valence-electron chi connectivity index (χ2n) is 4.97. The molecule has 0 aromatic heterocycles. The number of hydrogen-bond acceptors (Lipinski definition) is 4. The summed E-state index contributed by atoms with van der Waals surface area (Å²) in [5.41, 5.74) is 2.86. The number of methoxy groups -OCH3 is 1. The number of esters is 1. The van der Waals surface area contributed by atoms with Gasteiger partial charge in [0.25, 0.3) is 0 Å². The number of hydrogen-bond donors (Lipinski definition) is 1. The van der Waals surface area contributed by atoms with Crippen LogP contribution in [0.25, 0.3) is 0 Å². The normalized spacial score (nSPS) is 11.6. The first-order chi connectivity index (χ1) is 10.6. The van der Waals surface area contributed by atoms with Crippen LogP contribution in [-0.2, 0) is 9.53 Å². The fraction of sp³-hybridized carbons (Fsp3) is 0.278. The molecular weight excluding hydrogens is 278 g/mol. The molecule has 0 aliphatic heterocycles. The van der Waals surface area contributed by atoms with Gasteiger partial charge >= 0.3 is 5.97 Å². The molecule has 0 saturated heterocycles. The number of nitrogens with one attached hydrogen (secondary N) is 1. The first-order valence-corrected chi connectivity index (χ1v) is 7.28. The molecule has 0 heterocycles. The third kappa shape index (κ3) is 4.01. The zero-order valence-corrected chi connectivity index (χ0v) is 13.1. The van der Waals surface area contributed by atoms with Crippen LogP contribution in [0.2, 0.25) is 0 Å². The Kier molecular flexibility index (Phi) is 5.42. The number of carbonyl (C=O) groups excluding carboxylic acids is 1. The minimum atomic E-state index is -0.533. The first-order valence-electron chi connectivity index (χ1n) is 7.28. The summed E-state index contributed by atoms with van der Waals surface area (Å²) < 4.78 is 10.3. The van der Waals surface area contributed by atoms with Crippen LogP contribution in [0.15, 0.2) is 48.5 Å². The summed E-state index contributed by atoms with van der Waals surface area (Å²) in [5.74, 6) is 0.482. The molecule has 4 heteroatoms. The van der Waals surface area contributed by atoms with Gasteiger partial charge in [-0.05, 0) is 43.7 Å². The summed E-state index contributed by atoms with van der Waals surface area (Å²) in [6.45, 7) is 4.17. The molecule has 22 heavy (non-hydrogen) atoms. The van der Waals surface area contributed by atoms with Crippen molar-refractivity contribution in [1.82, 2.24) is 0 Å². The standard InChI is InChI=1S/C18H21NO3/c1-4-22-18(20)17(14-7-5-13(2)6-8-14)19-15-9-11-16(21-3)12-10-15/h5-12,17,19H,4H2,1-3H3/t17-/m0/s1. The zero-order chi connectivity index (χ0) is 15.9. The molecule has 0 saturated carbocycles. The minimum absolute atomic E-state index is 0.290. The maximum atomic E-state index is 12.2. The highest BCUT2D eigenvalue weighted by molar-refractivity contribution is 5.81. The predicted octanol–water partition coefficient (Wildman–Crippen LogP) is 3.72. The molecule has 0 unspecified atom stereocenters. The minimum Gasteiger partial charge on any atom is -0.497 e. The molecule has 2 rings (SSSR count). The summed E-state index contributed by atoms with van der Waals surface area (Å²) in [6, 6.07) is 14.8. The number of rotatable bonds is 6. The summed E-state index contributed by atoms with van der Waals surface area (Å²) in [7, 11) is 1.62. The SMILES string of the molecule is CCOC(=O)[C@@H](Nc1ccc(OC)cc1)c1ccc(C)cc1. The van der Waals surface area contributed by atoms with Crippen molar-refractivity contribution in [2.24, 2.45) is 0 Å². The Labute approximate surface area is 131 Å². The first kappa shape index (κ1) is 15.9. The van der Waals surface area contributed by atoms with Gasteiger partial charge in [-0.1, -0.05) is 29.8 Å². The van der Waals surface area contributed by atoms with Gasteiger partial charge in [0.2, 0.25) is 0 Å². The highest BCUT2D eigenvalue weighted by Gasteiger charge is 2.21. The molecular formula is C18H21NO3. The van der Waals surface area contributed by atoms with Crippen molar-refractivity contribution < 1.29 is 14.3 Å². The van der Waals surface area contributed by atoms with Gasteiger partial charge in [-0.3, -0.25) is 0 Å². The van der Waals surface area contributed by atoms with E-state index < -0.39 is 6.04 Å². The van der Waals surface area contributed by atoms with Crippen molar-refractivity contribution in [3.05, 3.63) is 59.7 Å². The summed E-state index contributed by atoms with van der Waals surface area (Å²) in [6.07, 6.45) is 0. The molecule has 0 spiro atoms. The smallest absolute Gasteiger partial charge is 0.333 e. The van der Waals surface area contributed by atoms with Crippen LogP contribution < -0.4 is 10.1 Å². The van der Waals surface area contributed by atoms with Crippen molar-refractivity contribution >= 4 is 11.7 Å². The third-order valence-electron chi connectivity index (χ3n) is 3.33. The van der Waals surface area contributed by atoms with Crippen molar-refractivity contribution in [3.8, 4) is 5.75 Å². The second kappa shape index (κ2) is 7.50. The fourth-order valence-electron chi connectivity index (χ4n) is 2.12. The molecule has 116 valence electrons. The largest absolute Gasteiger partial charge is 0.497 e. The van der Waals surface area contributed by atoms with Crippen LogP contribution in [0.1, 0.15) is 24.1 Å². The molecule has 0 bridgehead atoms. The van der Waals surface area contributed by atoms with E-state index in [2.05, 4.69) is 5.32 Å². The fourth-order valence-corrected chi connectivity index (χ4v) is 2.12. The quantitative estimate of drug-likeness (QED) is 0.826. The molecule has 1 atom stereocenters. The predicted molar refractivity (Wildman–Crippen MR) is 87.2 cm³/mol. The molecule has 2 aromatic carbocycles. The van der Waals surface area contributed by atoms with Crippen LogP contribution in [-0.4, -0.2) is 19.7 Å². The molecule has 0 aliphatic rings. The summed E-state index contributed by atoms with van der Waals surface area (Å²) in [4.78, 5) is 12.2. The zero-order valence-electron chi connectivity index (χ0n) is 13.1. The van der Waals surface area contributed by atoms with Gasteiger partial charge in [-0.25, -0.2) is 4.79 Å². The van der Waals surface area contributed by atoms with Crippen LogP contribution in [0.5, 0.6) is 5.75 Å². The number of benzene rings is 2. The van der Waals surface area contributed by atoms with Crippen molar-refractivity contribution in [3.63, 3.8) is 0 Å². The van der Waals surface area contributed by atoms with Crippen molar-refractivity contribution in [2.45, 2.75) is 19.9 Å². The van der Waals surface area contributed by atoms with E-state index in [1.54, 1.807) is 14.0 Å². The lowest BCUT2D eigenvalue weighted by Crippen LogP contribution is -2.23. The third-order valence-corrected chi connectivity index (χ3v) is 3.33. The molecule has 0 amide bonds. The van der Waals surface area contributed by atoms with E-state index in [1.165, 1.54) is 0 Å². The molecule has 1 N–H and O–H groups in total. The van der Waals surface area contributed by atoms with E-state index in [0.29, 0.717) is 6.61 Å². The lowest BCUT2D eigenvalue weighted by molar-refractivity contribution is -0.144. The van der Waals surface area contributed by atoms with Crippen LogP contribution in [0.3, 0.4) is 0 Å². The maximum absolute atomic E-state index is 12.2. The monoisotopic (exact) mass is 299 g/mol. The molecule has 0 aliphatic carbocycles. The lowest BCUT2D eigenvalue weighted by Gasteiger charge is -2.19. The Bertz CT molecular complexity index is 605. The molecule has 4 nitrogen and oxygen atoms in total. The van der Waals surface area contributed by atoms with E-state index >= 15 is 0 Å². The Hall–Kier alpha value is -2.49. The second-order valence-corrected chi connectivity index (χ2v) is 4.97. The van der Waals surface area contributed by atoms with E-state index in [-0.39, 0.29) is 5.97 Å². The Morgan fingerprint density at radius 2 is 1.73 bits per heavy atom. The van der Waals surface area contributed by atoms with E-state index in [4.69, 9.17) is 9.47 Å². The van der Waals surface area contributed by atoms with E-state index in [1.807, 2.05) is 55.5 Å². The van der Waals surface area contributed by atoms with Gasteiger partial charge in [-0.2, -0.15) is 0 Å². The van der Waals surface area contributed by atoms with Gasteiger partial charge < -0.3 is 14.8 Å². The number of carbonyl (C=O) groups is 1. The Morgan fingerprint density at radius 3 is 2.27 bits per heavy atom. The number of anilines is 1. The summed E-state index contributed by atoms with van der Waals surface area (Å²) >= 11 is 0. The van der Waals surface area contributed by atoms with Gasteiger partial charge in [-0.15, -0.1) is 0 Å². The highest BCUT2D eigenvalue weighted by Crippen LogP contribution is 2.23. The molecule has 0 radical (unpaired) electrons. The number of ether oxygens (including phenoxy) is 2. The van der Waals surface area contributed by atoms with Gasteiger partial charge in [0.05, 0.1) is 13.7 Å². The lowest BCUT2D eigenvalue weighted by atomic mass is 10.0. The van der Waals surface area contributed by atoms with Crippen LogP contribution in [0.4, 0.5) is 5.69 Å². The van der Waals surface area contributed by atoms with E-state index in [0.717, 1.165) is 22.6 Å². The van der Waals surface area contributed by atoms with Crippen molar-refractivity contribution in [2.75, 3.05) is 19.0 Å². The summed E-state index contributed by atoms with van der Waals surface area (Å²) in [5, 5.41) is 3.22. The van der Waals surface area contributed by atoms with E-state index in [9.17, 15) is 4.79 Å². The van der Waals surface area contributed by atoms with Gasteiger partial charge in [0.15, 0.2) is 6.04 Å². The average molecular weight is 299 g/mol. The van der Waals surface area contributed by atoms with Gasteiger partial charge in [0.1, 0.15) is 5.75 Å². The van der Waals surface area contributed by atoms with Crippen LogP contribution in [0, 0.1) is 6.92 Å². The molecule has 2 aromatic rings. The highest BCUT2D eigenvalue weighted by atomic mass is 16.5. The van der Waals surface area contributed by atoms with Crippen LogP contribution >= 0.6 is 0 Å². The maximum Gasteiger partial charge on any atom is 0.333 e. The van der Waals surface area contributed by atoms with Gasteiger partial charge in [0, 0.05) is 5.69 Å². The number of aryl methyl sites for hydroxylation is 1. The Balaban J connectivity index is 2.23. The van der Waals surface area contributed by atoms with Crippen molar-refractivity contribution in [1.29, 1.82) is 0 Å².